The molecule has 176 valence electrons. The molecule has 2 aromatic carbocycles. The molecule has 3 aromatic rings. The molecule has 0 saturated heterocycles. The minimum atomic E-state index is -1.11. The van der Waals surface area contributed by atoms with E-state index in [9.17, 15) is 9.59 Å². The molecule has 0 radical (unpaired) electrons. The number of thiazole rings is 1. The number of carbonyl (C=O) groups excluding carboxylic acids is 2. The van der Waals surface area contributed by atoms with Crippen molar-refractivity contribution in [1.29, 1.82) is 0 Å². The Kier molecular flexibility index (Phi) is 6.51. The van der Waals surface area contributed by atoms with Crippen LogP contribution in [0.5, 0.6) is 0 Å². The van der Waals surface area contributed by atoms with Gasteiger partial charge in [0.1, 0.15) is 16.2 Å². The van der Waals surface area contributed by atoms with E-state index < -0.39 is 17.2 Å². The summed E-state index contributed by atoms with van der Waals surface area (Å²) in [5, 5.41) is 1.40. The number of esters is 1. The molecule has 0 spiro atoms. The standard InChI is InChI=1S/C27H26ClNO4S/c1-6-19-21(29-24(34-19)16-12-14-18(28)15-13-16)20-22(30)26(2,3)33-27(4,5)23(20)32-25(31)17-10-8-7-9-11-17/h7-15H,6H2,1-5H3. The topological polar surface area (TPSA) is 65.5 Å². The van der Waals surface area contributed by atoms with Gasteiger partial charge in [-0.15, -0.1) is 11.3 Å². The summed E-state index contributed by atoms with van der Waals surface area (Å²) in [4.78, 5) is 32.5. The van der Waals surface area contributed by atoms with E-state index in [1.165, 1.54) is 11.3 Å². The first-order valence-electron chi connectivity index (χ1n) is 11.1. The second-order valence-corrected chi connectivity index (χ2v) is 10.6. The predicted octanol–water partition coefficient (Wildman–Crippen LogP) is 6.75. The Hall–Kier alpha value is -2.80. The fourth-order valence-electron chi connectivity index (χ4n) is 4.05. The van der Waals surface area contributed by atoms with Gasteiger partial charge in [0.2, 0.25) is 0 Å². The second-order valence-electron chi connectivity index (χ2n) is 9.06. The van der Waals surface area contributed by atoms with Crippen molar-refractivity contribution in [3.63, 3.8) is 0 Å². The average Bonchev–Trinajstić information content (AvgIpc) is 3.22. The molecule has 4 rings (SSSR count). The summed E-state index contributed by atoms with van der Waals surface area (Å²) in [5.74, 6) is -0.651. The van der Waals surface area contributed by atoms with Gasteiger partial charge in [-0.2, -0.15) is 0 Å². The molecular weight excluding hydrogens is 470 g/mol. The molecule has 5 nitrogen and oxygen atoms in total. The number of carbonyl (C=O) groups is 2. The van der Waals surface area contributed by atoms with Crippen molar-refractivity contribution >= 4 is 40.3 Å². The summed E-state index contributed by atoms with van der Waals surface area (Å²) >= 11 is 7.56. The number of rotatable bonds is 5. The largest absolute Gasteiger partial charge is 0.423 e. The number of hydrogen-bond donors (Lipinski definition) is 0. The van der Waals surface area contributed by atoms with E-state index in [1.54, 1.807) is 52.0 Å². The van der Waals surface area contributed by atoms with Gasteiger partial charge >= 0.3 is 5.97 Å². The van der Waals surface area contributed by atoms with Gasteiger partial charge in [0.25, 0.3) is 0 Å². The van der Waals surface area contributed by atoms with Gasteiger partial charge in [0.05, 0.1) is 16.8 Å². The average molecular weight is 496 g/mol. The zero-order valence-corrected chi connectivity index (χ0v) is 21.3. The van der Waals surface area contributed by atoms with E-state index in [1.807, 2.05) is 37.3 Å². The summed E-state index contributed by atoms with van der Waals surface area (Å²) in [7, 11) is 0. The van der Waals surface area contributed by atoms with Crippen LogP contribution in [0, 0.1) is 0 Å². The minimum absolute atomic E-state index is 0.174. The monoisotopic (exact) mass is 495 g/mol. The number of nitrogens with zero attached hydrogens (tertiary/aromatic N) is 1. The van der Waals surface area contributed by atoms with E-state index in [-0.39, 0.29) is 11.5 Å². The van der Waals surface area contributed by atoms with E-state index in [0.29, 0.717) is 28.3 Å². The Bertz CT molecular complexity index is 1270. The molecule has 0 atom stereocenters. The van der Waals surface area contributed by atoms with Crippen LogP contribution in [0.25, 0.3) is 16.1 Å². The van der Waals surface area contributed by atoms with Crippen LogP contribution in [0.1, 0.15) is 55.5 Å². The fourth-order valence-corrected chi connectivity index (χ4v) is 5.19. The molecule has 0 saturated carbocycles. The van der Waals surface area contributed by atoms with Crippen molar-refractivity contribution in [2.75, 3.05) is 0 Å². The Morgan fingerprint density at radius 3 is 2.29 bits per heavy atom. The van der Waals surface area contributed by atoms with E-state index in [0.717, 1.165) is 15.4 Å². The fraction of sp³-hybridized carbons (Fsp3) is 0.296. The molecule has 1 aromatic heterocycles. The molecule has 0 unspecified atom stereocenters. The maximum atomic E-state index is 13.7. The molecule has 1 aliphatic rings. The number of halogens is 1. The molecular formula is C27H26ClNO4S. The predicted molar refractivity (Wildman–Crippen MR) is 135 cm³/mol. The normalized spacial score (nSPS) is 17.1. The van der Waals surface area contributed by atoms with Crippen molar-refractivity contribution in [3.8, 4) is 10.6 Å². The highest BCUT2D eigenvalue weighted by Crippen LogP contribution is 2.44. The van der Waals surface area contributed by atoms with Crippen molar-refractivity contribution in [1.82, 2.24) is 4.98 Å². The van der Waals surface area contributed by atoms with Gasteiger partial charge in [-0.05, 0) is 58.4 Å². The van der Waals surface area contributed by atoms with E-state index in [4.69, 9.17) is 26.1 Å². The highest BCUT2D eigenvalue weighted by Gasteiger charge is 2.49. The van der Waals surface area contributed by atoms with Crippen LogP contribution in [0.2, 0.25) is 5.02 Å². The van der Waals surface area contributed by atoms with Gasteiger partial charge < -0.3 is 9.47 Å². The zero-order chi connectivity index (χ0) is 24.7. The maximum absolute atomic E-state index is 13.7. The molecule has 0 fully saturated rings. The zero-order valence-electron chi connectivity index (χ0n) is 19.8. The third kappa shape index (κ3) is 4.58. The highest BCUT2D eigenvalue weighted by atomic mass is 35.5. The highest BCUT2D eigenvalue weighted by molar-refractivity contribution is 7.15. The van der Waals surface area contributed by atoms with Crippen LogP contribution in [0.3, 0.4) is 0 Å². The van der Waals surface area contributed by atoms with Crippen molar-refractivity contribution in [2.24, 2.45) is 0 Å². The number of ketones is 1. The SMILES string of the molecule is CCc1sc(-c2ccc(Cl)cc2)nc1C1=C(OC(=O)c2ccccc2)C(C)(C)OC(C)(C)C1=O. The molecule has 1 aliphatic heterocycles. The molecule has 0 aliphatic carbocycles. The Morgan fingerprint density at radius 2 is 1.68 bits per heavy atom. The summed E-state index contributed by atoms with van der Waals surface area (Å²) < 4.78 is 12.0. The third-order valence-electron chi connectivity index (χ3n) is 5.61. The number of hydrogen-bond acceptors (Lipinski definition) is 6. The maximum Gasteiger partial charge on any atom is 0.343 e. The molecule has 0 N–H and O–H groups in total. The van der Waals surface area contributed by atoms with Crippen molar-refractivity contribution in [2.45, 2.75) is 52.2 Å². The second kappa shape index (κ2) is 9.10. The Labute approximate surface area is 208 Å². The number of aromatic nitrogens is 1. The van der Waals surface area contributed by atoms with E-state index in [2.05, 4.69) is 0 Å². The number of Topliss-reactive ketones (excluding diaryl/α,β-unsaturated/α-hetero) is 1. The minimum Gasteiger partial charge on any atom is -0.423 e. The lowest BCUT2D eigenvalue weighted by Crippen LogP contribution is -2.50. The lowest BCUT2D eigenvalue weighted by atomic mass is 9.84. The number of benzene rings is 2. The first-order chi connectivity index (χ1) is 16.0. The van der Waals surface area contributed by atoms with Crippen LogP contribution in [-0.2, 0) is 20.7 Å². The van der Waals surface area contributed by atoms with Gasteiger partial charge in [-0.1, -0.05) is 48.9 Å². The first-order valence-corrected chi connectivity index (χ1v) is 12.3. The Balaban J connectivity index is 1.90. The van der Waals surface area contributed by atoms with Crippen LogP contribution >= 0.6 is 22.9 Å². The van der Waals surface area contributed by atoms with Gasteiger partial charge in [-0.25, -0.2) is 9.78 Å². The smallest absolute Gasteiger partial charge is 0.343 e. The molecule has 2 heterocycles. The van der Waals surface area contributed by atoms with E-state index >= 15 is 0 Å². The quantitative estimate of drug-likeness (QED) is 0.366. The molecule has 7 heteroatoms. The summed E-state index contributed by atoms with van der Waals surface area (Å²) in [6, 6.07) is 16.1. The van der Waals surface area contributed by atoms with Crippen LogP contribution in [-0.4, -0.2) is 27.9 Å². The number of ether oxygens (including phenoxy) is 2. The summed E-state index contributed by atoms with van der Waals surface area (Å²) in [6.07, 6.45) is 0.666. The van der Waals surface area contributed by atoms with Crippen molar-refractivity contribution < 1.29 is 19.1 Å². The Morgan fingerprint density at radius 1 is 1.03 bits per heavy atom. The molecule has 0 bridgehead atoms. The van der Waals surface area contributed by atoms with Gasteiger partial charge in [-0.3, -0.25) is 4.79 Å². The third-order valence-corrected chi connectivity index (χ3v) is 7.11. The van der Waals surface area contributed by atoms with Gasteiger partial charge in [0, 0.05) is 15.5 Å². The van der Waals surface area contributed by atoms with Crippen LogP contribution < -0.4 is 0 Å². The lowest BCUT2D eigenvalue weighted by molar-refractivity contribution is -0.158. The van der Waals surface area contributed by atoms with Gasteiger partial charge in [0.15, 0.2) is 11.5 Å². The lowest BCUT2D eigenvalue weighted by Gasteiger charge is -2.41. The molecule has 34 heavy (non-hydrogen) atoms. The number of aryl methyl sites for hydroxylation is 1. The van der Waals surface area contributed by atoms with Crippen molar-refractivity contribution in [3.05, 3.63) is 81.5 Å². The van der Waals surface area contributed by atoms with Crippen LogP contribution in [0.4, 0.5) is 0 Å². The summed E-state index contributed by atoms with van der Waals surface area (Å²) in [5.41, 5.74) is -0.0420. The molecule has 0 amide bonds. The van der Waals surface area contributed by atoms with Crippen LogP contribution in [0.15, 0.2) is 60.4 Å². The first kappa shape index (κ1) is 24.3. The summed E-state index contributed by atoms with van der Waals surface area (Å²) in [6.45, 7) is 9.06.